The zero-order valence-corrected chi connectivity index (χ0v) is 15.3. The number of hydrogen-bond donors (Lipinski definition) is 0. The van der Waals surface area contributed by atoms with E-state index in [0.29, 0.717) is 29.8 Å². The van der Waals surface area contributed by atoms with Gasteiger partial charge in [0.1, 0.15) is 0 Å². The second-order valence-corrected chi connectivity index (χ2v) is 5.31. The Labute approximate surface area is 150 Å². The van der Waals surface area contributed by atoms with Crippen molar-refractivity contribution in [3.8, 4) is 11.5 Å². The normalized spacial score (nSPS) is 10.9. The molecule has 0 saturated carbocycles. The van der Waals surface area contributed by atoms with Crippen LogP contribution in [0.15, 0.2) is 18.2 Å². The van der Waals surface area contributed by atoms with E-state index in [4.69, 9.17) is 26.8 Å². The van der Waals surface area contributed by atoms with Gasteiger partial charge in [-0.1, -0.05) is 18.8 Å². The first kappa shape index (κ1) is 20.9. The van der Waals surface area contributed by atoms with Crippen LogP contribution in [-0.4, -0.2) is 47.2 Å². The molecule has 0 aliphatic carbocycles. The maximum atomic E-state index is 12.8. The molecular weight excluding hydrogens is 323 g/mol. The fraction of sp³-hybridized carbons (Fsp3) is 0.556. The Hall–Kier alpha value is -2.18. The molecule has 25 heavy (non-hydrogen) atoms. The molecule has 0 saturated heterocycles. The second-order valence-electron chi connectivity index (χ2n) is 5.31. The fourth-order valence-corrected chi connectivity index (χ4v) is 2.64. The number of ether oxygens (including phenoxy) is 4. The van der Waals surface area contributed by atoms with Crippen LogP contribution in [0.3, 0.4) is 0 Å². The molecule has 0 spiro atoms. The van der Waals surface area contributed by atoms with Gasteiger partial charge in [-0.25, -0.2) is 0 Å². The molecule has 1 aromatic carbocycles. The SMILES string of the molecule is [B]CCCC(C(=O)OCC)(C(=O)OCC)c1ccc(OC)c(OC)c1. The van der Waals surface area contributed by atoms with Crippen LogP contribution < -0.4 is 9.47 Å². The Kier molecular flexibility index (Phi) is 8.32. The lowest BCUT2D eigenvalue weighted by Gasteiger charge is -2.30. The quantitative estimate of drug-likeness (QED) is 0.367. The summed E-state index contributed by atoms with van der Waals surface area (Å²) in [6.07, 6.45) is 0.955. The molecule has 0 amide bonds. The minimum absolute atomic E-state index is 0.149. The Morgan fingerprint density at radius 3 is 2.00 bits per heavy atom. The van der Waals surface area contributed by atoms with E-state index in [1.54, 1.807) is 32.0 Å². The molecule has 6 nitrogen and oxygen atoms in total. The Morgan fingerprint density at radius 2 is 1.56 bits per heavy atom. The average Bonchev–Trinajstić information content (AvgIpc) is 2.62. The third-order valence-electron chi connectivity index (χ3n) is 3.88. The van der Waals surface area contributed by atoms with Crippen molar-refractivity contribution in [2.45, 2.75) is 38.4 Å². The van der Waals surface area contributed by atoms with Gasteiger partial charge in [0.2, 0.25) is 0 Å². The van der Waals surface area contributed by atoms with Gasteiger partial charge >= 0.3 is 11.9 Å². The van der Waals surface area contributed by atoms with Crippen molar-refractivity contribution in [3.05, 3.63) is 23.8 Å². The minimum Gasteiger partial charge on any atom is -0.493 e. The lowest BCUT2D eigenvalue weighted by Crippen LogP contribution is -2.46. The number of rotatable bonds is 10. The van der Waals surface area contributed by atoms with Crippen molar-refractivity contribution >= 4 is 19.8 Å². The molecule has 0 heterocycles. The highest BCUT2D eigenvalue weighted by molar-refractivity contribution is 6.09. The Bertz CT molecular complexity index is 569. The predicted octanol–water partition coefficient (Wildman–Crippen LogP) is 2.43. The molecule has 0 aliphatic heterocycles. The van der Waals surface area contributed by atoms with Crippen molar-refractivity contribution in [1.29, 1.82) is 0 Å². The van der Waals surface area contributed by atoms with E-state index in [0.717, 1.165) is 0 Å². The number of carbonyl (C=O) groups is 2. The monoisotopic (exact) mass is 348 g/mol. The highest BCUT2D eigenvalue weighted by Crippen LogP contribution is 2.38. The molecular formula is C18H25BO6. The summed E-state index contributed by atoms with van der Waals surface area (Å²) in [6.45, 7) is 3.67. The lowest BCUT2D eigenvalue weighted by atomic mass is 9.75. The van der Waals surface area contributed by atoms with Crippen LogP contribution in [0.2, 0.25) is 6.32 Å². The maximum absolute atomic E-state index is 12.8. The molecule has 0 N–H and O–H groups in total. The zero-order valence-electron chi connectivity index (χ0n) is 15.3. The summed E-state index contributed by atoms with van der Waals surface area (Å²) in [6, 6.07) is 4.89. The highest BCUT2D eigenvalue weighted by atomic mass is 16.6. The zero-order chi connectivity index (χ0) is 18.9. The standard InChI is InChI=1S/C18H25BO6/c1-5-24-16(20)18(10-7-11-19,17(21)25-6-2)13-8-9-14(22-3)15(12-13)23-4/h8-9,12H,5-7,10-11H2,1-4H3. The van der Waals surface area contributed by atoms with Gasteiger partial charge in [0, 0.05) is 0 Å². The maximum Gasteiger partial charge on any atom is 0.328 e. The third-order valence-corrected chi connectivity index (χ3v) is 3.88. The Morgan fingerprint density at radius 1 is 1.00 bits per heavy atom. The number of methoxy groups -OCH3 is 2. The number of benzene rings is 1. The van der Waals surface area contributed by atoms with Gasteiger partial charge in [0.05, 0.1) is 35.3 Å². The van der Waals surface area contributed by atoms with Gasteiger partial charge in [-0.15, -0.1) is 0 Å². The summed E-state index contributed by atoms with van der Waals surface area (Å²) in [4.78, 5) is 25.6. The number of esters is 2. The third kappa shape index (κ3) is 4.47. The van der Waals surface area contributed by atoms with Crippen LogP contribution in [-0.2, 0) is 24.5 Å². The van der Waals surface area contributed by atoms with E-state index < -0.39 is 17.4 Å². The Balaban J connectivity index is 3.55. The fourth-order valence-electron chi connectivity index (χ4n) is 2.64. The van der Waals surface area contributed by atoms with Gasteiger partial charge < -0.3 is 18.9 Å². The van der Waals surface area contributed by atoms with Gasteiger partial charge in [0.15, 0.2) is 16.9 Å². The van der Waals surface area contributed by atoms with Gasteiger partial charge in [-0.05, 0) is 38.0 Å². The largest absolute Gasteiger partial charge is 0.493 e. The first-order chi connectivity index (χ1) is 12.0. The molecule has 136 valence electrons. The minimum atomic E-state index is -1.59. The molecule has 0 aromatic heterocycles. The van der Waals surface area contributed by atoms with Gasteiger partial charge in [0.25, 0.3) is 0 Å². The molecule has 0 fully saturated rings. The number of carbonyl (C=O) groups excluding carboxylic acids is 2. The van der Waals surface area contributed by atoms with E-state index in [-0.39, 0.29) is 19.6 Å². The molecule has 0 atom stereocenters. The summed E-state index contributed by atoms with van der Waals surface area (Å²) >= 11 is 0. The first-order valence-corrected chi connectivity index (χ1v) is 8.28. The van der Waals surface area contributed by atoms with Crippen LogP contribution in [0.25, 0.3) is 0 Å². The predicted molar refractivity (Wildman–Crippen MR) is 94.3 cm³/mol. The summed E-state index contributed by atoms with van der Waals surface area (Å²) in [7, 11) is 8.61. The summed E-state index contributed by atoms with van der Waals surface area (Å²) in [5.41, 5.74) is -1.17. The number of hydrogen-bond acceptors (Lipinski definition) is 6. The van der Waals surface area contributed by atoms with Crippen molar-refractivity contribution in [2.75, 3.05) is 27.4 Å². The van der Waals surface area contributed by atoms with Crippen molar-refractivity contribution in [1.82, 2.24) is 0 Å². The molecule has 0 bridgehead atoms. The molecule has 2 radical (unpaired) electrons. The summed E-state index contributed by atoms with van der Waals surface area (Å²) < 4.78 is 20.9. The smallest absolute Gasteiger partial charge is 0.328 e. The van der Waals surface area contributed by atoms with Crippen LogP contribution in [0, 0.1) is 0 Å². The average molecular weight is 348 g/mol. The van der Waals surface area contributed by atoms with E-state index >= 15 is 0 Å². The van der Waals surface area contributed by atoms with Crippen molar-refractivity contribution in [2.24, 2.45) is 0 Å². The molecule has 0 aliphatic rings. The molecule has 1 rings (SSSR count). The lowest BCUT2D eigenvalue weighted by molar-refractivity contribution is -0.165. The van der Waals surface area contributed by atoms with Crippen LogP contribution in [0.1, 0.15) is 32.3 Å². The highest BCUT2D eigenvalue weighted by Gasteiger charge is 2.50. The van der Waals surface area contributed by atoms with Gasteiger partial charge in [-0.3, -0.25) is 9.59 Å². The van der Waals surface area contributed by atoms with E-state index in [1.165, 1.54) is 14.2 Å². The van der Waals surface area contributed by atoms with Crippen LogP contribution >= 0.6 is 0 Å². The summed E-state index contributed by atoms with van der Waals surface area (Å²) in [5, 5.41) is 0. The van der Waals surface area contributed by atoms with Crippen molar-refractivity contribution < 1.29 is 28.5 Å². The molecule has 1 aromatic rings. The second kappa shape index (κ2) is 9.96. The van der Waals surface area contributed by atoms with E-state index in [1.807, 2.05) is 0 Å². The van der Waals surface area contributed by atoms with Gasteiger partial charge in [-0.2, -0.15) is 0 Å². The topological polar surface area (TPSA) is 71.1 Å². The van der Waals surface area contributed by atoms with Crippen LogP contribution in [0.5, 0.6) is 11.5 Å². The summed E-state index contributed by atoms with van der Waals surface area (Å²) in [5.74, 6) is -0.416. The first-order valence-electron chi connectivity index (χ1n) is 8.28. The molecule has 7 heteroatoms. The van der Waals surface area contributed by atoms with Crippen molar-refractivity contribution in [3.63, 3.8) is 0 Å². The molecule has 0 unspecified atom stereocenters. The van der Waals surface area contributed by atoms with E-state index in [2.05, 4.69) is 0 Å². The van der Waals surface area contributed by atoms with Crippen LogP contribution in [0.4, 0.5) is 0 Å². The van der Waals surface area contributed by atoms with E-state index in [9.17, 15) is 9.59 Å².